The molecule has 0 aromatic carbocycles. The highest BCUT2D eigenvalue weighted by molar-refractivity contribution is 5.73. The highest BCUT2D eigenvalue weighted by atomic mass is 16.8. The minimum atomic E-state index is -2.07. The first kappa shape index (κ1) is 46.6. The van der Waals surface area contributed by atoms with E-state index in [1.165, 1.54) is 13.8 Å². The summed E-state index contributed by atoms with van der Waals surface area (Å²) in [4.78, 5) is 12.2. The molecule has 5 aliphatic heterocycles. The van der Waals surface area contributed by atoms with E-state index >= 15 is 0 Å². The third-order valence-corrected chi connectivity index (χ3v) is 10.6. The van der Waals surface area contributed by atoms with Gasteiger partial charge < -0.3 is 119 Å². The van der Waals surface area contributed by atoms with Gasteiger partial charge in [-0.3, -0.25) is 4.79 Å². The third-order valence-electron chi connectivity index (χ3n) is 10.6. The van der Waals surface area contributed by atoms with E-state index < -0.39 is 179 Å². The molecule has 1 amide bonds. The van der Waals surface area contributed by atoms with Crippen LogP contribution in [0.3, 0.4) is 0 Å². The molecule has 0 aromatic heterocycles. The maximum Gasteiger partial charge on any atom is 0.217 e. The number of carbonyl (C=O) groups excluding carboxylic acids is 1. The zero-order valence-electron chi connectivity index (χ0n) is 30.9. The summed E-state index contributed by atoms with van der Waals surface area (Å²) in [6, 6.07) is -1.60. The lowest BCUT2D eigenvalue weighted by Crippen LogP contribution is -2.70. The molecule has 5 heterocycles. The van der Waals surface area contributed by atoms with Gasteiger partial charge in [0.05, 0.1) is 32.0 Å². The Morgan fingerprint density at radius 2 is 0.895 bits per heavy atom. The Morgan fingerprint density at radius 1 is 0.456 bits per heavy atom. The Bertz CT molecular complexity index is 1290. The summed E-state index contributed by atoms with van der Waals surface area (Å²) >= 11 is 0. The fourth-order valence-corrected chi connectivity index (χ4v) is 7.28. The maximum atomic E-state index is 12.2. The summed E-state index contributed by atoms with van der Waals surface area (Å²) in [5, 5.41) is 151. The Morgan fingerprint density at radius 3 is 1.40 bits per heavy atom. The number of rotatable bonds is 12. The van der Waals surface area contributed by atoms with Crippen molar-refractivity contribution >= 4 is 5.91 Å². The van der Waals surface area contributed by atoms with Crippen LogP contribution < -0.4 is 5.32 Å². The van der Waals surface area contributed by atoms with E-state index in [1.807, 2.05) is 0 Å². The normalized spacial score (nSPS) is 52.3. The minimum Gasteiger partial charge on any atom is -0.394 e. The molecule has 5 saturated heterocycles. The van der Waals surface area contributed by atoms with Gasteiger partial charge in [0.15, 0.2) is 31.5 Å². The van der Waals surface area contributed by atoms with Crippen LogP contribution in [0, 0.1) is 0 Å². The summed E-state index contributed by atoms with van der Waals surface area (Å²) in [6.45, 7) is 0.896. The summed E-state index contributed by atoms with van der Waals surface area (Å²) in [5.41, 5.74) is 0. The standard InChI is InChI=1S/C32H55NO24/c1-7-14(38)19(43)21(45)30(49-7)56-26-23(47)28(48)51-12(6-36)24(26)54-32-27(57-31-22(46)20(44)15(39)8(2)50-31)25(17(41)11(5-35)53-32)55-29-13(33-9(3)37)18(42)16(40)10(4-34)52-29/h7-8,10-32,34-36,38-48H,4-6H2,1-3H3,(H,33,37)/t7-,8-,10+,11+,12+,13+,14+,15+,16-,17-,18+,19+,20+,21-,22-,23+,24+,25-,26+,27+,28+,29+,30-,31-,32-/m0/s1. The predicted octanol–water partition coefficient (Wildman–Crippen LogP) is -9.73. The molecule has 5 aliphatic rings. The second-order valence-electron chi connectivity index (χ2n) is 14.7. The molecule has 57 heavy (non-hydrogen) atoms. The number of hydrogen-bond donors (Lipinski definition) is 15. The zero-order chi connectivity index (χ0) is 42.2. The van der Waals surface area contributed by atoms with Crippen LogP contribution in [0.2, 0.25) is 0 Å². The average molecular weight is 838 g/mol. The third kappa shape index (κ3) is 9.71. The smallest absolute Gasteiger partial charge is 0.217 e. The van der Waals surface area contributed by atoms with Crippen molar-refractivity contribution in [2.45, 2.75) is 174 Å². The molecular weight excluding hydrogens is 782 g/mol. The van der Waals surface area contributed by atoms with Crippen molar-refractivity contribution in [3.63, 3.8) is 0 Å². The predicted molar refractivity (Wildman–Crippen MR) is 175 cm³/mol. The van der Waals surface area contributed by atoms with Crippen LogP contribution in [0.25, 0.3) is 0 Å². The van der Waals surface area contributed by atoms with E-state index in [1.54, 1.807) is 0 Å². The number of ether oxygens (including phenoxy) is 9. The molecule has 0 saturated carbocycles. The molecule has 25 nitrogen and oxygen atoms in total. The van der Waals surface area contributed by atoms with Crippen LogP contribution in [0.4, 0.5) is 0 Å². The van der Waals surface area contributed by atoms with Crippen molar-refractivity contribution < 1.29 is 119 Å². The van der Waals surface area contributed by atoms with Crippen LogP contribution in [0.1, 0.15) is 20.8 Å². The number of hydrogen-bond acceptors (Lipinski definition) is 24. The van der Waals surface area contributed by atoms with E-state index in [0.717, 1.165) is 6.92 Å². The van der Waals surface area contributed by atoms with Crippen LogP contribution in [-0.4, -0.2) is 251 Å². The fraction of sp³-hybridized carbons (Fsp3) is 0.969. The van der Waals surface area contributed by atoms with Gasteiger partial charge in [-0.15, -0.1) is 0 Å². The zero-order valence-corrected chi connectivity index (χ0v) is 30.9. The Kier molecular flexibility index (Phi) is 16.0. The quantitative estimate of drug-likeness (QED) is 0.0867. The lowest BCUT2D eigenvalue weighted by atomic mass is 9.94. The van der Waals surface area contributed by atoms with Gasteiger partial charge in [0.2, 0.25) is 5.91 Å². The van der Waals surface area contributed by atoms with Crippen LogP contribution in [0.5, 0.6) is 0 Å². The molecule has 5 fully saturated rings. The van der Waals surface area contributed by atoms with Crippen LogP contribution in [-0.2, 0) is 47.4 Å². The van der Waals surface area contributed by atoms with E-state index in [2.05, 4.69) is 5.32 Å². The van der Waals surface area contributed by atoms with Crippen molar-refractivity contribution in [3.8, 4) is 0 Å². The summed E-state index contributed by atoms with van der Waals surface area (Å²) in [6.07, 6.45) is -42.9. The number of aliphatic hydroxyl groups excluding tert-OH is 14. The van der Waals surface area contributed by atoms with E-state index in [0.29, 0.717) is 0 Å². The first-order chi connectivity index (χ1) is 26.8. The summed E-state index contributed by atoms with van der Waals surface area (Å²) in [7, 11) is 0. The maximum absolute atomic E-state index is 12.2. The molecule has 0 unspecified atom stereocenters. The molecule has 0 aromatic rings. The molecule has 5 rings (SSSR count). The highest BCUT2D eigenvalue weighted by Crippen LogP contribution is 2.37. The van der Waals surface area contributed by atoms with Gasteiger partial charge in [-0.25, -0.2) is 0 Å². The van der Waals surface area contributed by atoms with Gasteiger partial charge in [0.1, 0.15) is 110 Å². The highest BCUT2D eigenvalue weighted by Gasteiger charge is 2.57. The Labute approximate surface area is 324 Å². The molecule has 15 N–H and O–H groups in total. The van der Waals surface area contributed by atoms with Gasteiger partial charge in [-0.1, -0.05) is 0 Å². The SMILES string of the molecule is CC(=O)N[C@H]1[C@@H](O[C@H]2[C@@H](O)[C@@H](CO)O[C@@H](O[C@H]3[C@H](O[C@@H]4O[C@@H](C)[C@@H](O)[C@@H](O)[C@@H]4O)[C@@H](O)[C@H](O)O[C@@H]3CO)[C@@H]2O[C@@H]2O[C@@H](C)[C@@H](O)[C@@H](O)[C@@H]2O)O[C@H](CO)[C@H](O)[C@@H]1O. The van der Waals surface area contributed by atoms with Gasteiger partial charge in [-0.2, -0.15) is 0 Å². The average Bonchev–Trinajstić information content (AvgIpc) is 3.18. The molecule has 0 bridgehead atoms. The first-order valence-electron chi connectivity index (χ1n) is 18.3. The molecule has 0 aliphatic carbocycles. The molecule has 332 valence electrons. The van der Waals surface area contributed by atoms with Gasteiger partial charge >= 0.3 is 0 Å². The number of aliphatic hydroxyl groups is 14. The fourth-order valence-electron chi connectivity index (χ4n) is 7.28. The molecule has 25 atom stereocenters. The monoisotopic (exact) mass is 837 g/mol. The molecule has 0 radical (unpaired) electrons. The lowest BCUT2D eigenvalue weighted by molar-refractivity contribution is -0.408. The molecular formula is C32H55NO24. The van der Waals surface area contributed by atoms with Crippen molar-refractivity contribution in [3.05, 3.63) is 0 Å². The lowest BCUT2D eigenvalue weighted by Gasteiger charge is -2.51. The van der Waals surface area contributed by atoms with Crippen molar-refractivity contribution in [1.29, 1.82) is 0 Å². The minimum absolute atomic E-state index is 0.747. The van der Waals surface area contributed by atoms with Crippen LogP contribution in [0.15, 0.2) is 0 Å². The number of amides is 1. The van der Waals surface area contributed by atoms with Crippen molar-refractivity contribution in [2.24, 2.45) is 0 Å². The van der Waals surface area contributed by atoms with Gasteiger partial charge in [0, 0.05) is 6.92 Å². The molecule has 0 spiro atoms. The second kappa shape index (κ2) is 19.5. The largest absolute Gasteiger partial charge is 0.394 e. The van der Waals surface area contributed by atoms with E-state index in [-0.39, 0.29) is 0 Å². The number of nitrogens with one attached hydrogen (secondary N) is 1. The number of carbonyl (C=O) groups is 1. The van der Waals surface area contributed by atoms with E-state index in [9.17, 15) is 76.3 Å². The first-order valence-corrected chi connectivity index (χ1v) is 18.3. The van der Waals surface area contributed by atoms with Crippen molar-refractivity contribution in [2.75, 3.05) is 19.8 Å². The molecule has 25 heteroatoms. The van der Waals surface area contributed by atoms with Crippen molar-refractivity contribution in [1.82, 2.24) is 5.32 Å². The van der Waals surface area contributed by atoms with Crippen LogP contribution >= 0.6 is 0 Å². The Balaban J connectivity index is 1.54. The summed E-state index contributed by atoms with van der Waals surface area (Å²) in [5.74, 6) is -0.747. The Hall–Kier alpha value is -1.45. The van der Waals surface area contributed by atoms with Gasteiger partial charge in [-0.05, 0) is 13.8 Å². The topological polar surface area (TPSA) is 395 Å². The second-order valence-corrected chi connectivity index (χ2v) is 14.7. The van der Waals surface area contributed by atoms with Gasteiger partial charge in [0.25, 0.3) is 0 Å². The van der Waals surface area contributed by atoms with E-state index in [4.69, 9.17) is 42.6 Å². The summed E-state index contributed by atoms with van der Waals surface area (Å²) < 4.78 is 52.1.